The fourth-order valence-corrected chi connectivity index (χ4v) is 2.22. The van der Waals surface area contributed by atoms with Crippen LogP contribution < -0.4 is 10.5 Å². The molecule has 2 aromatic carbocycles. The van der Waals surface area contributed by atoms with Gasteiger partial charge in [0.1, 0.15) is 5.75 Å². The average molecular weight is 255 g/mol. The molecule has 2 heteroatoms. The zero-order valence-corrected chi connectivity index (χ0v) is 11.6. The molecule has 19 heavy (non-hydrogen) atoms. The van der Waals surface area contributed by atoms with E-state index < -0.39 is 0 Å². The van der Waals surface area contributed by atoms with Gasteiger partial charge in [0.15, 0.2) is 0 Å². The zero-order chi connectivity index (χ0) is 13.7. The Balaban J connectivity index is 2.22. The van der Waals surface area contributed by atoms with Crippen LogP contribution in [0.15, 0.2) is 48.5 Å². The molecular weight excluding hydrogens is 234 g/mol. The van der Waals surface area contributed by atoms with Gasteiger partial charge in [0, 0.05) is 0 Å². The van der Waals surface area contributed by atoms with E-state index in [2.05, 4.69) is 43.3 Å². The maximum Gasteiger partial charge on any atom is 0.119 e. The Hall–Kier alpha value is -1.80. The number of nitrogens with two attached hydrogens (primary N) is 1. The number of benzene rings is 2. The van der Waals surface area contributed by atoms with Crippen LogP contribution in [0.25, 0.3) is 11.1 Å². The van der Waals surface area contributed by atoms with Gasteiger partial charge < -0.3 is 10.5 Å². The molecule has 0 amide bonds. The second kappa shape index (κ2) is 6.39. The monoisotopic (exact) mass is 255 g/mol. The number of methoxy groups -OCH3 is 1. The molecule has 2 N–H and O–H groups in total. The fraction of sp³-hybridized carbons (Fsp3) is 0.294. The lowest BCUT2D eigenvalue weighted by Crippen LogP contribution is -2.04. The normalized spacial score (nSPS) is 12.2. The van der Waals surface area contributed by atoms with Crippen molar-refractivity contribution in [2.45, 2.75) is 19.3 Å². The predicted molar refractivity (Wildman–Crippen MR) is 80.5 cm³/mol. The highest BCUT2D eigenvalue weighted by Crippen LogP contribution is 2.26. The molecule has 100 valence electrons. The highest BCUT2D eigenvalue weighted by atomic mass is 16.5. The average Bonchev–Trinajstić information content (AvgIpc) is 2.48. The standard InChI is InChI=1S/C17H21NO/c1-13(10-11-18)14-6-8-15(9-7-14)16-4-3-5-17(12-16)19-2/h3-9,12-13H,10-11,18H2,1-2H3. The van der Waals surface area contributed by atoms with Gasteiger partial charge in [-0.05, 0) is 47.7 Å². The zero-order valence-electron chi connectivity index (χ0n) is 11.6. The Morgan fingerprint density at radius 3 is 2.42 bits per heavy atom. The van der Waals surface area contributed by atoms with Gasteiger partial charge >= 0.3 is 0 Å². The predicted octanol–water partition coefficient (Wildman–Crippen LogP) is 3.81. The summed E-state index contributed by atoms with van der Waals surface area (Å²) in [7, 11) is 1.69. The topological polar surface area (TPSA) is 35.2 Å². The minimum absolute atomic E-state index is 0.518. The number of ether oxygens (including phenoxy) is 1. The first-order valence-electron chi connectivity index (χ1n) is 6.69. The van der Waals surface area contributed by atoms with Crippen LogP contribution in [-0.2, 0) is 0 Å². The highest BCUT2D eigenvalue weighted by Gasteiger charge is 2.05. The molecule has 0 radical (unpaired) electrons. The lowest BCUT2D eigenvalue weighted by Gasteiger charge is -2.11. The number of hydrogen-bond donors (Lipinski definition) is 1. The van der Waals surface area contributed by atoms with Crippen molar-refractivity contribution in [2.24, 2.45) is 5.73 Å². The summed E-state index contributed by atoms with van der Waals surface area (Å²) in [5.74, 6) is 1.41. The molecule has 2 rings (SSSR count). The first kappa shape index (κ1) is 13.6. The summed E-state index contributed by atoms with van der Waals surface area (Å²) in [6.07, 6.45) is 1.03. The molecule has 0 aliphatic rings. The van der Waals surface area contributed by atoms with Crippen LogP contribution in [0, 0.1) is 0 Å². The van der Waals surface area contributed by atoms with Crippen molar-refractivity contribution in [1.29, 1.82) is 0 Å². The lowest BCUT2D eigenvalue weighted by molar-refractivity contribution is 0.415. The molecule has 0 saturated heterocycles. The Morgan fingerprint density at radius 2 is 1.79 bits per heavy atom. The molecule has 2 nitrogen and oxygen atoms in total. The van der Waals surface area contributed by atoms with E-state index in [-0.39, 0.29) is 0 Å². The summed E-state index contributed by atoms with van der Waals surface area (Å²) in [5.41, 5.74) is 9.34. The second-order valence-electron chi connectivity index (χ2n) is 4.83. The summed E-state index contributed by atoms with van der Waals surface area (Å²) >= 11 is 0. The van der Waals surface area contributed by atoms with Crippen molar-refractivity contribution >= 4 is 0 Å². The molecule has 0 fully saturated rings. The summed E-state index contributed by atoms with van der Waals surface area (Å²) in [5, 5.41) is 0. The SMILES string of the molecule is COc1cccc(-c2ccc(C(C)CCN)cc2)c1. The van der Waals surface area contributed by atoms with Crippen molar-refractivity contribution in [3.05, 3.63) is 54.1 Å². The van der Waals surface area contributed by atoms with Crippen molar-refractivity contribution in [3.8, 4) is 16.9 Å². The van der Waals surface area contributed by atoms with Crippen molar-refractivity contribution in [1.82, 2.24) is 0 Å². The summed E-state index contributed by atoms with van der Waals surface area (Å²) in [6.45, 7) is 2.95. The third kappa shape index (κ3) is 3.36. The minimum Gasteiger partial charge on any atom is -0.497 e. The van der Waals surface area contributed by atoms with Gasteiger partial charge in [-0.2, -0.15) is 0 Å². The van der Waals surface area contributed by atoms with Crippen LogP contribution in [0.3, 0.4) is 0 Å². The van der Waals surface area contributed by atoms with Crippen LogP contribution in [0.2, 0.25) is 0 Å². The van der Waals surface area contributed by atoms with Gasteiger partial charge in [0.25, 0.3) is 0 Å². The molecule has 1 atom stereocenters. The maximum atomic E-state index is 5.61. The van der Waals surface area contributed by atoms with E-state index in [9.17, 15) is 0 Å². The van der Waals surface area contributed by atoms with Crippen LogP contribution in [0.4, 0.5) is 0 Å². The van der Waals surface area contributed by atoms with Gasteiger partial charge in [-0.1, -0.05) is 43.3 Å². The Bertz CT molecular complexity index is 519. The molecule has 2 aromatic rings. The largest absolute Gasteiger partial charge is 0.497 e. The van der Waals surface area contributed by atoms with Gasteiger partial charge in [-0.3, -0.25) is 0 Å². The third-order valence-corrected chi connectivity index (χ3v) is 3.48. The number of hydrogen-bond acceptors (Lipinski definition) is 2. The van der Waals surface area contributed by atoms with Crippen molar-refractivity contribution in [2.75, 3.05) is 13.7 Å². The molecule has 0 spiro atoms. The Morgan fingerprint density at radius 1 is 1.05 bits per heavy atom. The Kier molecular flexibility index (Phi) is 4.58. The quantitative estimate of drug-likeness (QED) is 0.881. The van der Waals surface area contributed by atoms with Crippen molar-refractivity contribution < 1.29 is 4.74 Å². The highest BCUT2D eigenvalue weighted by molar-refractivity contribution is 5.65. The van der Waals surface area contributed by atoms with Gasteiger partial charge in [0.2, 0.25) is 0 Å². The maximum absolute atomic E-state index is 5.61. The molecule has 0 saturated carbocycles. The summed E-state index contributed by atoms with van der Waals surface area (Å²) in [6, 6.07) is 16.8. The minimum atomic E-state index is 0.518. The van der Waals surface area contributed by atoms with Crippen molar-refractivity contribution in [3.63, 3.8) is 0 Å². The molecule has 0 aromatic heterocycles. The van der Waals surface area contributed by atoms with E-state index in [0.717, 1.165) is 18.7 Å². The lowest BCUT2D eigenvalue weighted by atomic mass is 9.95. The van der Waals surface area contributed by atoms with Gasteiger partial charge in [-0.25, -0.2) is 0 Å². The Labute approximate surface area is 115 Å². The van der Waals surface area contributed by atoms with Gasteiger partial charge in [-0.15, -0.1) is 0 Å². The van der Waals surface area contributed by atoms with Crippen LogP contribution in [0.1, 0.15) is 24.8 Å². The van der Waals surface area contributed by atoms with E-state index in [0.29, 0.717) is 5.92 Å². The summed E-state index contributed by atoms with van der Waals surface area (Å²) in [4.78, 5) is 0. The second-order valence-corrected chi connectivity index (χ2v) is 4.83. The molecular formula is C17H21NO. The van der Waals surface area contributed by atoms with Crippen LogP contribution in [-0.4, -0.2) is 13.7 Å². The smallest absolute Gasteiger partial charge is 0.119 e. The van der Waals surface area contributed by atoms with E-state index >= 15 is 0 Å². The molecule has 1 unspecified atom stereocenters. The van der Waals surface area contributed by atoms with Crippen LogP contribution >= 0.6 is 0 Å². The van der Waals surface area contributed by atoms with E-state index in [1.165, 1.54) is 16.7 Å². The molecule has 0 aliphatic heterocycles. The molecule has 0 bridgehead atoms. The number of rotatable bonds is 5. The molecule has 0 heterocycles. The van der Waals surface area contributed by atoms with Gasteiger partial charge in [0.05, 0.1) is 7.11 Å². The third-order valence-electron chi connectivity index (χ3n) is 3.48. The van der Waals surface area contributed by atoms with Crippen LogP contribution in [0.5, 0.6) is 5.75 Å². The first-order chi connectivity index (χ1) is 9.24. The van der Waals surface area contributed by atoms with E-state index in [1.807, 2.05) is 12.1 Å². The fourth-order valence-electron chi connectivity index (χ4n) is 2.22. The first-order valence-corrected chi connectivity index (χ1v) is 6.69. The summed E-state index contributed by atoms with van der Waals surface area (Å²) < 4.78 is 5.26. The van der Waals surface area contributed by atoms with E-state index in [1.54, 1.807) is 7.11 Å². The van der Waals surface area contributed by atoms with E-state index in [4.69, 9.17) is 10.5 Å². The molecule has 0 aliphatic carbocycles.